The van der Waals surface area contributed by atoms with E-state index >= 15 is 4.39 Å². The Bertz CT molecular complexity index is 2080. The minimum atomic E-state index is -0.448. The average Bonchev–Trinajstić information content (AvgIpc) is 3.76. The largest absolute Gasteiger partial charge is 0.508 e. The molecule has 262 valence electrons. The lowest BCUT2D eigenvalue weighted by Crippen LogP contribution is -2.52. The molecule has 8 rings (SSSR count). The van der Waals surface area contributed by atoms with Crippen molar-refractivity contribution in [3.8, 4) is 17.0 Å². The van der Waals surface area contributed by atoms with Gasteiger partial charge in [-0.15, -0.1) is 0 Å². The molecule has 0 bridgehead atoms. The minimum Gasteiger partial charge on any atom is -0.508 e. The lowest BCUT2D eigenvalue weighted by Gasteiger charge is -2.40. The van der Waals surface area contributed by atoms with Crippen molar-refractivity contribution >= 4 is 23.2 Å². The number of aromatic nitrogens is 3. The van der Waals surface area contributed by atoms with Crippen LogP contribution in [0.4, 0.5) is 15.8 Å². The Hall–Kier alpha value is -5.26. The van der Waals surface area contributed by atoms with Crippen molar-refractivity contribution in [1.29, 1.82) is 0 Å². The number of hydrogen-bond acceptors (Lipinski definition) is 6. The highest BCUT2D eigenvalue weighted by molar-refractivity contribution is 6.12. The van der Waals surface area contributed by atoms with Crippen molar-refractivity contribution < 1.29 is 23.8 Å². The molecule has 11 heteroatoms. The van der Waals surface area contributed by atoms with E-state index in [0.29, 0.717) is 66.5 Å². The first-order valence-corrected chi connectivity index (χ1v) is 17.7. The summed E-state index contributed by atoms with van der Waals surface area (Å²) in [7, 11) is 1.79. The maximum atomic E-state index is 15.3. The molecule has 1 fully saturated rings. The number of carbonyl (C=O) groups is 2. The Morgan fingerprint density at radius 1 is 0.941 bits per heavy atom. The van der Waals surface area contributed by atoms with Gasteiger partial charge in [-0.25, -0.2) is 4.39 Å². The molecule has 1 N–H and O–H groups in total. The van der Waals surface area contributed by atoms with Crippen LogP contribution in [0.1, 0.15) is 50.4 Å². The second-order valence-electron chi connectivity index (χ2n) is 13.7. The molecule has 1 saturated heterocycles. The molecular weight excluding hydrogens is 647 g/mol. The van der Waals surface area contributed by atoms with Gasteiger partial charge in [-0.3, -0.25) is 24.1 Å². The summed E-state index contributed by atoms with van der Waals surface area (Å²) in [5, 5.41) is 14.3. The Labute approximate surface area is 296 Å². The van der Waals surface area contributed by atoms with Crippen molar-refractivity contribution in [3.05, 3.63) is 119 Å². The number of phenolic OH excluding ortho intramolecular Hbond substituents is 1. The van der Waals surface area contributed by atoms with Crippen molar-refractivity contribution in [3.63, 3.8) is 0 Å². The van der Waals surface area contributed by atoms with Gasteiger partial charge >= 0.3 is 0 Å². The third-order valence-corrected chi connectivity index (χ3v) is 10.4. The first kappa shape index (κ1) is 32.9. The number of fused-ring (bicyclic) bond motifs is 2. The van der Waals surface area contributed by atoms with E-state index in [0.717, 1.165) is 50.2 Å². The summed E-state index contributed by atoms with van der Waals surface area (Å²) in [6.45, 7) is 4.80. The molecule has 5 aromatic rings. The smallest absolute Gasteiger partial charge is 0.264 e. The topological polar surface area (TPSA) is 96.1 Å². The van der Waals surface area contributed by atoms with Crippen LogP contribution in [-0.2, 0) is 37.7 Å². The molecule has 0 aliphatic carbocycles. The van der Waals surface area contributed by atoms with Gasteiger partial charge in [0.25, 0.3) is 11.8 Å². The number of phenols is 1. The summed E-state index contributed by atoms with van der Waals surface area (Å²) >= 11 is 0. The Morgan fingerprint density at radius 3 is 2.49 bits per heavy atom. The molecule has 0 saturated carbocycles. The van der Waals surface area contributed by atoms with E-state index in [4.69, 9.17) is 4.74 Å². The van der Waals surface area contributed by atoms with Gasteiger partial charge in [0.2, 0.25) is 0 Å². The first-order valence-electron chi connectivity index (χ1n) is 17.7. The fourth-order valence-electron chi connectivity index (χ4n) is 7.85. The molecule has 0 spiro atoms. The summed E-state index contributed by atoms with van der Waals surface area (Å²) in [5.41, 5.74) is 6.38. The highest BCUT2D eigenvalue weighted by atomic mass is 19.1. The fourth-order valence-corrected chi connectivity index (χ4v) is 7.85. The van der Waals surface area contributed by atoms with Gasteiger partial charge in [0.1, 0.15) is 11.6 Å². The van der Waals surface area contributed by atoms with Gasteiger partial charge in [0.05, 0.1) is 30.7 Å². The quantitative estimate of drug-likeness (QED) is 0.227. The molecule has 1 atom stereocenters. The lowest BCUT2D eigenvalue weighted by atomic mass is 9.92. The second kappa shape index (κ2) is 13.8. The Morgan fingerprint density at radius 2 is 1.73 bits per heavy atom. The number of amides is 2. The average molecular weight is 689 g/mol. The molecule has 3 aliphatic rings. The fraction of sp³-hybridized carbons (Fsp3) is 0.325. The summed E-state index contributed by atoms with van der Waals surface area (Å²) < 4.78 is 24.6. The van der Waals surface area contributed by atoms with Gasteiger partial charge in [0, 0.05) is 80.2 Å². The molecule has 0 radical (unpaired) electrons. The molecule has 10 nitrogen and oxygen atoms in total. The molecule has 3 aromatic carbocycles. The molecular formula is C40H41FN6O4. The number of aryl methyl sites for hydroxylation is 1. The Kier molecular flexibility index (Phi) is 8.91. The summed E-state index contributed by atoms with van der Waals surface area (Å²) in [6, 6.07) is 20.9. The third-order valence-electron chi connectivity index (χ3n) is 10.4. The van der Waals surface area contributed by atoms with Crippen LogP contribution in [0.15, 0.2) is 85.2 Å². The van der Waals surface area contributed by atoms with Crippen LogP contribution < -0.4 is 4.90 Å². The minimum absolute atomic E-state index is 0.0693. The number of benzene rings is 3. The van der Waals surface area contributed by atoms with E-state index in [-0.39, 0.29) is 23.6 Å². The van der Waals surface area contributed by atoms with Gasteiger partial charge in [0.15, 0.2) is 0 Å². The van der Waals surface area contributed by atoms with E-state index in [2.05, 4.69) is 26.7 Å². The van der Waals surface area contributed by atoms with Crippen LogP contribution in [-0.4, -0.2) is 80.0 Å². The van der Waals surface area contributed by atoms with Crippen molar-refractivity contribution in [2.24, 2.45) is 7.05 Å². The van der Waals surface area contributed by atoms with E-state index in [9.17, 15) is 14.7 Å². The predicted molar refractivity (Wildman–Crippen MR) is 192 cm³/mol. The van der Waals surface area contributed by atoms with E-state index in [1.165, 1.54) is 17.7 Å². The van der Waals surface area contributed by atoms with Crippen LogP contribution in [0, 0.1) is 5.82 Å². The number of hydrogen-bond donors (Lipinski definition) is 1. The normalized spacial score (nSPS) is 17.5. The van der Waals surface area contributed by atoms with Gasteiger partial charge in [-0.1, -0.05) is 24.3 Å². The van der Waals surface area contributed by atoms with Crippen molar-refractivity contribution in [2.45, 2.75) is 44.8 Å². The van der Waals surface area contributed by atoms with Crippen LogP contribution in [0.5, 0.6) is 5.75 Å². The van der Waals surface area contributed by atoms with E-state index < -0.39 is 5.82 Å². The number of nitrogens with zero attached hydrogens (tertiary/aromatic N) is 6. The lowest BCUT2D eigenvalue weighted by molar-refractivity contribution is 0.0193. The monoisotopic (exact) mass is 688 g/mol. The first-order chi connectivity index (χ1) is 24.8. The zero-order valence-corrected chi connectivity index (χ0v) is 28.7. The van der Waals surface area contributed by atoms with Crippen LogP contribution in [0.3, 0.4) is 0 Å². The molecule has 0 unspecified atom stereocenters. The molecule has 3 aliphatic heterocycles. The number of aromatic hydroxyl groups is 1. The summed E-state index contributed by atoms with van der Waals surface area (Å²) in [5.74, 6) is -0.782. The number of halogens is 1. The second-order valence-corrected chi connectivity index (χ2v) is 13.7. The van der Waals surface area contributed by atoms with E-state index in [1.54, 1.807) is 59.4 Å². The number of anilines is 2. The zero-order chi connectivity index (χ0) is 35.1. The number of ether oxygens (including phenoxy) is 1. The molecule has 5 heterocycles. The number of rotatable bonds is 7. The third kappa shape index (κ3) is 6.43. The summed E-state index contributed by atoms with van der Waals surface area (Å²) in [6.07, 6.45) is 6.59. The maximum absolute atomic E-state index is 15.3. The highest BCUT2D eigenvalue weighted by Gasteiger charge is 2.35. The molecule has 51 heavy (non-hydrogen) atoms. The maximum Gasteiger partial charge on any atom is 0.264 e. The van der Waals surface area contributed by atoms with Crippen LogP contribution in [0.25, 0.3) is 11.3 Å². The zero-order valence-electron chi connectivity index (χ0n) is 28.7. The van der Waals surface area contributed by atoms with Gasteiger partial charge in [-0.05, 0) is 85.3 Å². The SMILES string of the molecule is Cn1cc(N(C(=O)c2cc(-c3cc(F)ccc3C(=O)N3Cc4ccccc4C[C@H]3CN3CCOCC3)n3c2CCCC3)c2ccc(O)cc2)cn1. The van der Waals surface area contributed by atoms with Gasteiger partial charge < -0.3 is 19.3 Å². The molecule has 2 amide bonds. The van der Waals surface area contributed by atoms with Gasteiger partial charge in [-0.2, -0.15) is 5.10 Å². The summed E-state index contributed by atoms with van der Waals surface area (Å²) in [4.78, 5) is 35.4. The predicted octanol–water partition coefficient (Wildman–Crippen LogP) is 5.95. The van der Waals surface area contributed by atoms with Crippen LogP contribution in [0.2, 0.25) is 0 Å². The number of carbonyl (C=O) groups excluding carboxylic acids is 2. The van der Waals surface area contributed by atoms with Crippen molar-refractivity contribution in [1.82, 2.24) is 24.1 Å². The standard InChI is InChI=1S/C40H41FN6O4/c1-43-25-32(23-42-43)47(30-10-12-33(48)13-11-30)40(50)36-22-38(45-15-5-4-8-37(36)45)35-21-29(41)9-14-34(35)39(49)46-24-28-7-3-2-6-27(28)20-31(46)26-44-16-18-51-19-17-44/h2-3,6-7,9-14,21-23,25,31,48H,4-5,8,15-20,24,26H2,1H3/t31-/m0/s1. The highest BCUT2D eigenvalue weighted by Crippen LogP contribution is 2.37. The molecule has 2 aromatic heterocycles. The van der Waals surface area contributed by atoms with Crippen LogP contribution >= 0.6 is 0 Å². The Balaban J connectivity index is 1.20. The van der Waals surface area contributed by atoms with E-state index in [1.807, 2.05) is 23.1 Å². The van der Waals surface area contributed by atoms with Crippen molar-refractivity contribution in [2.75, 3.05) is 37.7 Å². The number of morpholine rings is 1.